The fourth-order valence-electron chi connectivity index (χ4n) is 3.04. The Morgan fingerprint density at radius 3 is 2.25 bits per heavy atom. The van der Waals surface area contributed by atoms with Crippen molar-refractivity contribution in [3.8, 4) is 0 Å². The van der Waals surface area contributed by atoms with Gasteiger partial charge in [0.15, 0.2) is 5.78 Å². The van der Waals surface area contributed by atoms with E-state index in [0.717, 1.165) is 12.8 Å². The minimum atomic E-state index is -0.682. The van der Waals surface area contributed by atoms with Crippen molar-refractivity contribution in [3.05, 3.63) is 0 Å². The Morgan fingerprint density at radius 1 is 1.42 bits per heavy atom. The first kappa shape index (κ1) is 8.24. The zero-order chi connectivity index (χ0) is 9.15. The van der Waals surface area contributed by atoms with Gasteiger partial charge in [0.2, 0.25) is 0 Å². The summed E-state index contributed by atoms with van der Waals surface area (Å²) in [7, 11) is 0. The van der Waals surface area contributed by atoms with E-state index in [1.165, 1.54) is 0 Å². The second-order valence-electron chi connectivity index (χ2n) is 5.01. The molecule has 0 aliphatic heterocycles. The number of aliphatic hydroxyl groups excluding tert-OH is 1. The molecule has 2 nitrogen and oxygen atoms in total. The highest BCUT2D eigenvalue weighted by molar-refractivity contribution is 5.93. The molecule has 2 saturated carbocycles. The van der Waals surface area contributed by atoms with Gasteiger partial charge in [-0.25, -0.2) is 0 Å². The van der Waals surface area contributed by atoms with Crippen molar-refractivity contribution in [2.75, 3.05) is 0 Å². The summed E-state index contributed by atoms with van der Waals surface area (Å²) in [5.74, 6) is 0.277. The molecule has 0 saturated heterocycles. The fourth-order valence-corrected chi connectivity index (χ4v) is 3.04. The Labute approximate surface area is 73.0 Å². The van der Waals surface area contributed by atoms with E-state index in [9.17, 15) is 9.90 Å². The molecular formula is C10H16O2. The van der Waals surface area contributed by atoms with Crippen molar-refractivity contribution < 1.29 is 9.90 Å². The normalized spacial score (nSPS) is 50.2. The third-order valence-electron chi connectivity index (χ3n) is 4.50. The predicted octanol–water partition coefficient (Wildman–Crippen LogP) is 1.37. The minimum absolute atomic E-state index is 0.00347. The van der Waals surface area contributed by atoms with Gasteiger partial charge in [0, 0.05) is 5.41 Å². The van der Waals surface area contributed by atoms with E-state index in [4.69, 9.17) is 0 Å². The van der Waals surface area contributed by atoms with Crippen LogP contribution in [0.3, 0.4) is 0 Å². The van der Waals surface area contributed by atoms with E-state index in [2.05, 4.69) is 13.8 Å². The Morgan fingerprint density at radius 2 is 2.00 bits per heavy atom. The number of carbonyl (C=O) groups excluding carboxylic acids is 1. The van der Waals surface area contributed by atoms with Crippen molar-refractivity contribution >= 4 is 5.78 Å². The third-order valence-corrected chi connectivity index (χ3v) is 4.50. The molecule has 2 bridgehead atoms. The summed E-state index contributed by atoms with van der Waals surface area (Å²) < 4.78 is 0. The van der Waals surface area contributed by atoms with Crippen LogP contribution in [0.25, 0.3) is 0 Å². The van der Waals surface area contributed by atoms with E-state index in [0.29, 0.717) is 0 Å². The van der Waals surface area contributed by atoms with Gasteiger partial charge in [0.1, 0.15) is 6.10 Å². The van der Waals surface area contributed by atoms with Crippen LogP contribution in [-0.2, 0) is 4.79 Å². The van der Waals surface area contributed by atoms with Crippen LogP contribution in [-0.4, -0.2) is 17.0 Å². The maximum absolute atomic E-state index is 11.7. The first-order valence-corrected chi connectivity index (χ1v) is 4.63. The molecule has 2 heteroatoms. The highest BCUT2D eigenvalue weighted by Crippen LogP contribution is 2.63. The Kier molecular flexibility index (Phi) is 1.32. The number of carbonyl (C=O) groups is 1. The van der Waals surface area contributed by atoms with Gasteiger partial charge in [-0.05, 0) is 24.2 Å². The second-order valence-corrected chi connectivity index (χ2v) is 5.01. The lowest BCUT2D eigenvalue weighted by Crippen LogP contribution is -2.34. The quantitative estimate of drug-likeness (QED) is 0.593. The number of Topliss-reactive ketones (excluding diaryl/α,β-unsaturated/α-hetero) is 1. The SMILES string of the molecule is CC1(C)[C@@H]2CC[C@]1(C)C(=O)[C@@H]2O. The van der Waals surface area contributed by atoms with E-state index >= 15 is 0 Å². The molecule has 68 valence electrons. The van der Waals surface area contributed by atoms with Crippen molar-refractivity contribution in [3.63, 3.8) is 0 Å². The van der Waals surface area contributed by atoms with Gasteiger partial charge in [-0.2, -0.15) is 0 Å². The lowest BCUT2D eigenvalue weighted by molar-refractivity contribution is -0.135. The van der Waals surface area contributed by atoms with Crippen LogP contribution >= 0.6 is 0 Å². The summed E-state index contributed by atoms with van der Waals surface area (Å²) in [5, 5.41) is 9.64. The Balaban J connectivity index is 2.50. The molecule has 1 N–H and O–H groups in total. The molecular weight excluding hydrogens is 152 g/mol. The molecule has 0 aromatic carbocycles. The maximum atomic E-state index is 11.7. The minimum Gasteiger partial charge on any atom is -0.385 e. The van der Waals surface area contributed by atoms with Gasteiger partial charge < -0.3 is 5.11 Å². The lowest BCUT2D eigenvalue weighted by Gasteiger charge is -2.31. The van der Waals surface area contributed by atoms with E-state index in [1.807, 2.05) is 6.92 Å². The molecule has 3 atom stereocenters. The van der Waals surface area contributed by atoms with Gasteiger partial charge >= 0.3 is 0 Å². The number of hydrogen-bond acceptors (Lipinski definition) is 2. The highest BCUT2D eigenvalue weighted by Gasteiger charge is 2.65. The molecule has 2 rings (SSSR count). The molecule has 0 radical (unpaired) electrons. The number of hydrogen-bond donors (Lipinski definition) is 1. The molecule has 2 aliphatic rings. The monoisotopic (exact) mass is 168 g/mol. The number of ketones is 1. The molecule has 0 spiro atoms. The maximum Gasteiger partial charge on any atom is 0.167 e. The number of rotatable bonds is 0. The van der Waals surface area contributed by atoms with Crippen molar-refractivity contribution in [2.24, 2.45) is 16.7 Å². The van der Waals surface area contributed by atoms with E-state index < -0.39 is 6.10 Å². The molecule has 12 heavy (non-hydrogen) atoms. The summed E-state index contributed by atoms with van der Waals surface area (Å²) in [5.41, 5.74) is -0.249. The Hall–Kier alpha value is -0.370. The number of aliphatic hydroxyl groups is 1. The molecule has 2 fully saturated rings. The molecule has 0 heterocycles. The summed E-state index contributed by atoms with van der Waals surface area (Å²) >= 11 is 0. The predicted molar refractivity (Wildman–Crippen MR) is 45.6 cm³/mol. The van der Waals surface area contributed by atoms with Crippen LogP contribution in [0, 0.1) is 16.7 Å². The fraction of sp³-hybridized carbons (Fsp3) is 0.900. The summed E-state index contributed by atoms with van der Waals surface area (Å²) in [6.07, 6.45) is 1.29. The standard InChI is InChI=1S/C10H16O2/c1-9(2)6-4-5-10(9,3)8(12)7(6)11/h6-7,11H,4-5H2,1-3H3/t6-,7-,10-/m1/s1. The van der Waals surface area contributed by atoms with Crippen LogP contribution in [0.15, 0.2) is 0 Å². The van der Waals surface area contributed by atoms with Gasteiger partial charge in [0.05, 0.1) is 0 Å². The van der Waals surface area contributed by atoms with E-state index in [-0.39, 0.29) is 22.5 Å². The molecule has 0 aromatic heterocycles. The molecule has 0 amide bonds. The van der Waals surface area contributed by atoms with Crippen LogP contribution in [0.4, 0.5) is 0 Å². The van der Waals surface area contributed by atoms with Crippen LogP contribution < -0.4 is 0 Å². The van der Waals surface area contributed by atoms with Gasteiger partial charge in [0.25, 0.3) is 0 Å². The van der Waals surface area contributed by atoms with Gasteiger partial charge in [-0.1, -0.05) is 20.8 Å². The van der Waals surface area contributed by atoms with Crippen LogP contribution in [0.1, 0.15) is 33.6 Å². The van der Waals surface area contributed by atoms with Crippen molar-refractivity contribution in [2.45, 2.75) is 39.7 Å². The number of fused-ring (bicyclic) bond motifs is 2. The smallest absolute Gasteiger partial charge is 0.167 e. The summed E-state index contributed by atoms with van der Waals surface area (Å²) in [4.78, 5) is 11.7. The van der Waals surface area contributed by atoms with Crippen LogP contribution in [0.5, 0.6) is 0 Å². The first-order chi connectivity index (χ1) is 5.41. The zero-order valence-electron chi connectivity index (χ0n) is 7.92. The molecule has 0 aromatic rings. The van der Waals surface area contributed by atoms with Crippen LogP contribution in [0.2, 0.25) is 0 Å². The largest absolute Gasteiger partial charge is 0.385 e. The van der Waals surface area contributed by atoms with Gasteiger partial charge in [-0.3, -0.25) is 4.79 Å². The zero-order valence-corrected chi connectivity index (χ0v) is 7.92. The van der Waals surface area contributed by atoms with Crippen molar-refractivity contribution in [1.29, 1.82) is 0 Å². The Bertz CT molecular complexity index is 244. The van der Waals surface area contributed by atoms with E-state index in [1.54, 1.807) is 0 Å². The van der Waals surface area contributed by atoms with Crippen molar-refractivity contribution in [1.82, 2.24) is 0 Å². The summed E-state index contributed by atoms with van der Waals surface area (Å²) in [6, 6.07) is 0. The lowest BCUT2D eigenvalue weighted by atomic mass is 9.70. The average molecular weight is 168 g/mol. The highest BCUT2D eigenvalue weighted by atomic mass is 16.3. The average Bonchev–Trinajstić information content (AvgIpc) is 2.26. The molecule has 2 aliphatic carbocycles. The third kappa shape index (κ3) is 0.598. The first-order valence-electron chi connectivity index (χ1n) is 4.63. The summed E-state index contributed by atoms with van der Waals surface area (Å²) in [6.45, 7) is 6.23. The van der Waals surface area contributed by atoms with Gasteiger partial charge in [-0.15, -0.1) is 0 Å². The topological polar surface area (TPSA) is 37.3 Å². The second kappa shape index (κ2) is 1.92. The molecule has 0 unspecified atom stereocenters.